The minimum atomic E-state index is -0.201. The molecule has 0 radical (unpaired) electrons. The highest BCUT2D eigenvalue weighted by Gasteiger charge is 2.24. The van der Waals surface area contributed by atoms with Crippen molar-refractivity contribution in [2.75, 3.05) is 13.1 Å². The van der Waals surface area contributed by atoms with Crippen molar-refractivity contribution in [1.29, 1.82) is 0 Å². The maximum absolute atomic E-state index is 12.7. The van der Waals surface area contributed by atoms with Crippen molar-refractivity contribution in [2.45, 2.75) is 25.5 Å². The number of nitrogens with zero attached hydrogens (tertiary/aromatic N) is 1. The van der Waals surface area contributed by atoms with E-state index in [-0.39, 0.29) is 18.0 Å². The molecule has 1 aliphatic heterocycles. The largest absolute Gasteiger partial charge is 0.392 e. The van der Waals surface area contributed by atoms with Gasteiger partial charge in [-0.3, -0.25) is 4.90 Å². The van der Waals surface area contributed by atoms with Gasteiger partial charge in [-0.1, -0.05) is 12.1 Å². The van der Waals surface area contributed by atoms with Gasteiger partial charge in [0.05, 0.1) is 6.10 Å². The van der Waals surface area contributed by atoms with Gasteiger partial charge in [-0.2, -0.15) is 0 Å². The summed E-state index contributed by atoms with van der Waals surface area (Å²) in [5.74, 6) is -0.201. The lowest BCUT2D eigenvalue weighted by Crippen LogP contribution is -2.25. The summed E-state index contributed by atoms with van der Waals surface area (Å²) in [6.45, 7) is 3.73. The maximum atomic E-state index is 12.7. The van der Waals surface area contributed by atoms with Crippen LogP contribution < -0.4 is 0 Å². The third-order valence-corrected chi connectivity index (χ3v) is 3.09. The molecule has 0 aliphatic carbocycles. The smallest absolute Gasteiger partial charge is 0.123 e. The van der Waals surface area contributed by atoms with Gasteiger partial charge in [0.1, 0.15) is 5.82 Å². The number of likely N-dealkylation sites (tertiary alicyclic amines) is 1. The lowest BCUT2D eigenvalue weighted by Gasteiger charge is -2.24. The molecule has 3 heteroatoms. The Morgan fingerprint density at radius 3 is 2.60 bits per heavy atom. The zero-order valence-corrected chi connectivity index (χ0v) is 8.86. The van der Waals surface area contributed by atoms with Gasteiger partial charge >= 0.3 is 0 Å². The number of hydrogen-bond acceptors (Lipinski definition) is 2. The van der Waals surface area contributed by atoms with E-state index in [2.05, 4.69) is 11.8 Å². The predicted octanol–water partition coefficient (Wildman–Crippen LogP) is 1.95. The first-order chi connectivity index (χ1) is 7.16. The number of benzene rings is 1. The SMILES string of the molecule is C[C@H](c1ccc(F)cc1)N1CC[C@H](O)C1. The van der Waals surface area contributed by atoms with Crippen LogP contribution in [0.3, 0.4) is 0 Å². The lowest BCUT2D eigenvalue weighted by atomic mass is 10.1. The summed E-state index contributed by atoms with van der Waals surface area (Å²) in [5.41, 5.74) is 1.10. The highest BCUT2D eigenvalue weighted by molar-refractivity contribution is 5.19. The number of hydrogen-bond donors (Lipinski definition) is 1. The number of aliphatic hydroxyl groups is 1. The molecule has 1 aromatic carbocycles. The van der Waals surface area contributed by atoms with Crippen LogP contribution in [0.4, 0.5) is 4.39 Å². The predicted molar refractivity (Wildman–Crippen MR) is 57.0 cm³/mol. The number of rotatable bonds is 2. The normalized spacial score (nSPS) is 24.3. The van der Waals surface area contributed by atoms with E-state index in [1.54, 1.807) is 0 Å². The molecule has 0 spiro atoms. The zero-order chi connectivity index (χ0) is 10.8. The summed E-state index contributed by atoms with van der Waals surface area (Å²) in [7, 11) is 0. The zero-order valence-electron chi connectivity index (χ0n) is 8.86. The van der Waals surface area contributed by atoms with Crippen LogP contribution in [0.5, 0.6) is 0 Å². The first kappa shape index (κ1) is 10.6. The van der Waals surface area contributed by atoms with Crippen molar-refractivity contribution in [2.24, 2.45) is 0 Å². The molecular formula is C12H16FNO. The molecule has 2 nitrogen and oxygen atoms in total. The highest BCUT2D eigenvalue weighted by atomic mass is 19.1. The summed E-state index contributed by atoms with van der Waals surface area (Å²) >= 11 is 0. The lowest BCUT2D eigenvalue weighted by molar-refractivity contribution is 0.163. The quantitative estimate of drug-likeness (QED) is 0.804. The van der Waals surface area contributed by atoms with E-state index in [4.69, 9.17) is 0 Å². The molecule has 1 saturated heterocycles. The number of β-amino-alcohol motifs (C(OH)–C–C–N with tert-alkyl or cyclic N) is 1. The summed E-state index contributed by atoms with van der Waals surface area (Å²) in [5, 5.41) is 9.44. The Morgan fingerprint density at radius 2 is 2.07 bits per heavy atom. The fourth-order valence-electron chi connectivity index (χ4n) is 2.07. The van der Waals surface area contributed by atoms with Crippen molar-refractivity contribution in [3.63, 3.8) is 0 Å². The van der Waals surface area contributed by atoms with Gasteiger partial charge < -0.3 is 5.11 Å². The fraction of sp³-hybridized carbons (Fsp3) is 0.500. The molecular weight excluding hydrogens is 193 g/mol. The topological polar surface area (TPSA) is 23.5 Å². The van der Waals surface area contributed by atoms with E-state index >= 15 is 0 Å². The molecule has 0 aromatic heterocycles. The van der Waals surface area contributed by atoms with Crippen LogP contribution in [0.2, 0.25) is 0 Å². The Hall–Kier alpha value is -0.930. The molecule has 2 atom stereocenters. The van der Waals surface area contributed by atoms with Crippen molar-refractivity contribution in [3.05, 3.63) is 35.6 Å². The number of aliphatic hydroxyl groups excluding tert-OH is 1. The third-order valence-electron chi connectivity index (χ3n) is 3.09. The third kappa shape index (κ3) is 2.36. The van der Waals surface area contributed by atoms with E-state index in [1.165, 1.54) is 12.1 Å². The second-order valence-electron chi connectivity index (χ2n) is 4.16. The molecule has 1 N–H and O–H groups in total. The van der Waals surface area contributed by atoms with Crippen LogP contribution in [0.15, 0.2) is 24.3 Å². The van der Waals surface area contributed by atoms with E-state index in [9.17, 15) is 9.50 Å². The monoisotopic (exact) mass is 209 g/mol. The Bertz CT molecular complexity index is 325. The highest BCUT2D eigenvalue weighted by Crippen LogP contribution is 2.24. The molecule has 0 bridgehead atoms. The summed E-state index contributed by atoms with van der Waals surface area (Å²) < 4.78 is 12.7. The van der Waals surface area contributed by atoms with Crippen LogP contribution in [-0.2, 0) is 0 Å². The second-order valence-corrected chi connectivity index (χ2v) is 4.16. The summed E-state index contributed by atoms with van der Waals surface area (Å²) in [4.78, 5) is 2.22. The molecule has 0 saturated carbocycles. The maximum Gasteiger partial charge on any atom is 0.123 e. The average Bonchev–Trinajstić information content (AvgIpc) is 2.65. The van der Waals surface area contributed by atoms with Crippen molar-refractivity contribution >= 4 is 0 Å². The summed E-state index contributed by atoms with van der Waals surface area (Å²) in [6, 6.07) is 6.84. The Kier molecular flexibility index (Phi) is 3.03. The van der Waals surface area contributed by atoms with Gasteiger partial charge in [0.25, 0.3) is 0 Å². The van der Waals surface area contributed by atoms with Crippen molar-refractivity contribution < 1.29 is 9.50 Å². The molecule has 15 heavy (non-hydrogen) atoms. The number of halogens is 1. The first-order valence-electron chi connectivity index (χ1n) is 5.34. The van der Waals surface area contributed by atoms with E-state index < -0.39 is 0 Å². The fourth-order valence-corrected chi connectivity index (χ4v) is 2.07. The molecule has 1 aliphatic rings. The second kappa shape index (κ2) is 4.29. The minimum Gasteiger partial charge on any atom is -0.392 e. The standard InChI is InChI=1S/C12H16FNO/c1-9(14-7-6-12(15)8-14)10-2-4-11(13)5-3-10/h2-5,9,12,15H,6-8H2,1H3/t9-,12+/m1/s1. The van der Waals surface area contributed by atoms with Crippen molar-refractivity contribution in [3.8, 4) is 0 Å². The van der Waals surface area contributed by atoms with Gasteiger partial charge in [-0.15, -0.1) is 0 Å². The van der Waals surface area contributed by atoms with Gasteiger partial charge in [-0.25, -0.2) is 4.39 Å². The molecule has 2 rings (SSSR count). The Balaban J connectivity index is 2.07. The van der Waals surface area contributed by atoms with Crippen LogP contribution in [0, 0.1) is 5.82 Å². The van der Waals surface area contributed by atoms with E-state index in [0.717, 1.165) is 25.1 Å². The van der Waals surface area contributed by atoms with E-state index in [1.807, 2.05) is 12.1 Å². The molecule has 1 fully saturated rings. The van der Waals surface area contributed by atoms with E-state index in [0.29, 0.717) is 0 Å². The molecule has 1 heterocycles. The minimum absolute atomic E-state index is 0.201. The van der Waals surface area contributed by atoms with Gasteiger partial charge in [-0.05, 0) is 31.0 Å². The average molecular weight is 209 g/mol. The van der Waals surface area contributed by atoms with Crippen LogP contribution in [0.1, 0.15) is 24.9 Å². The van der Waals surface area contributed by atoms with Gasteiger partial charge in [0.2, 0.25) is 0 Å². The molecule has 1 aromatic rings. The molecule has 82 valence electrons. The van der Waals surface area contributed by atoms with Gasteiger partial charge in [0, 0.05) is 19.1 Å². The molecule has 0 amide bonds. The van der Waals surface area contributed by atoms with Crippen molar-refractivity contribution in [1.82, 2.24) is 4.90 Å². The first-order valence-corrected chi connectivity index (χ1v) is 5.34. The Labute approximate surface area is 89.3 Å². The van der Waals surface area contributed by atoms with Gasteiger partial charge in [0.15, 0.2) is 0 Å². The van der Waals surface area contributed by atoms with Crippen LogP contribution >= 0.6 is 0 Å². The molecule has 0 unspecified atom stereocenters. The van der Waals surface area contributed by atoms with Crippen LogP contribution in [-0.4, -0.2) is 29.2 Å². The summed E-state index contributed by atoms with van der Waals surface area (Å²) in [6.07, 6.45) is 0.638. The van der Waals surface area contributed by atoms with Crippen LogP contribution in [0.25, 0.3) is 0 Å². The Morgan fingerprint density at radius 1 is 1.40 bits per heavy atom.